The molecule has 1 heterocycles. The zero-order valence-corrected chi connectivity index (χ0v) is 12.9. The van der Waals surface area contributed by atoms with Gasteiger partial charge in [-0.05, 0) is 43.2 Å². The van der Waals surface area contributed by atoms with Gasteiger partial charge in [-0.2, -0.15) is 11.8 Å². The molecule has 20 heavy (non-hydrogen) atoms. The van der Waals surface area contributed by atoms with Crippen molar-refractivity contribution in [2.24, 2.45) is 0 Å². The Morgan fingerprint density at radius 2 is 2.25 bits per heavy atom. The number of nitrogens with one attached hydrogen (secondary N) is 1. The average Bonchev–Trinajstić information content (AvgIpc) is 2.84. The Morgan fingerprint density at radius 3 is 2.80 bits per heavy atom. The predicted molar refractivity (Wildman–Crippen MR) is 77.6 cm³/mol. The molecule has 1 fully saturated rings. The van der Waals surface area contributed by atoms with Gasteiger partial charge in [0.25, 0.3) is 0 Å². The summed E-state index contributed by atoms with van der Waals surface area (Å²) in [4.78, 5) is -0.374. The third-order valence-corrected chi connectivity index (χ3v) is 6.38. The number of hydrogen-bond donors (Lipinski definition) is 2. The fourth-order valence-corrected chi connectivity index (χ4v) is 4.73. The second-order valence-electron chi connectivity index (χ2n) is 5.15. The van der Waals surface area contributed by atoms with Gasteiger partial charge >= 0.3 is 0 Å². The average molecular weight is 319 g/mol. The molecule has 2 rings (SSSR count). The lowest BCUT2D eigenvalue weighted by molar-refractivity contribution is 0.281. The summed E-state index contributed by atoms with van der Waals surface area (Å²) < 4.78 is 40.4. The van der Waals surface area contributed by atoms with Crippen LogP contribution >= 0.6 is 11.8 Å². The zero-order chi connectivity index (χ0) is 14.8. The van der Waals surface area contributed by atoms with E-state index in [1.807, 2.05) is 6.92 Å². The summed E-state index contributed by atoms with van der Waals surface area (Å²) in [5, 5.41) is 8.90. The minimum Gasteiger partial charge on any atom is -0.392 e. The van der Waals surface area contributed by atoms with Gasteiger partial charge in [-0.1, -0.05) is 6.07 Å². The van der Waals surface area contributed by atoms with Crippen molar-refractivity contribution in [3.05, 3.63) is 29.6 Å². The minimum atomic E-state index is -3.86. The van der Waals surface area contributed by atoms with Crippen molar-refractivity contribution in [1.29, 1.82) is 0 Å². The summed E-state index contributed by atoms with van der Waals surface area (Å²) in [6.45, 7) is 1.99. The first-order valence-corrected chi connectivity index (χ1v) is 8.86. The number of rotatable bonds is 5. The molecule has 2 N–H and O–H groups in total. The summed E-state index contributed by atoms with van der Waals surface area (Å²) in [6, 6.07) is 3.64. The van der Waals surface area contributed by atoms with Gasteiger partial charge in [0, 0.05) is 11.3 Å². The summed E-state index contributed by atoms with van der Waals surface area (Å²) >= 11 is 1.74. The van der Waals surface area contributed by atoms with Gasteiger partial charge < -0.3 is 5.11 Å². The maximum absolute atomic E-state index is 13.8. The Balaban J connectivity index is 2.14. The fraction of sp³-hybridized carbons (Fsp3) is 0.538. The van der Waals surface area contributed by atoms with E-state index in [0.717, 1.165) is 24.7 Å². The van der Waals surface area contributed by atoms with Crippen molar-refractivity contribution in [2.45, 2.75) is 36.0 Å². The van der Waals surface area contributed by atoms with Gasteiger partial charge in [0.15, 0.2) is 0 Å². The van der Waals surface area contributed by atoms with Crippen LogP contribution in [0.2, 0.25) is 0 Å². The largest absolute Gasteiger partial charge is 0.392 e. The molecule has 1 aliphatic rings. The molecule has 0 amide bonds. The normalized spacial score (nSPS) is 23.1. The molecule has 0 aliphatic carbocycles. The highest BCUT2D eigenvalue weighted by atomic mass is 32.2. The summed E-state index contributed by atoms with van der Waals surface area (Å²) in [7, 11) is -3.86. The van der Waals surface area contributed by atoms with Gasteiger partial charge in [-0.25, -0.2) is 17.5 Å². The van der Waals surface area contributed by atoms with Crippen LogP contribution in [0.3, 0.4) is 0 Å². The first kappa shape index (κ1) is 15.8. The maximum atomic E-state index is 13.8. The zero-order valence-electron chi connectivity index (χ0n) is 11.2. The lowest BCUT2D eigenvalue weighted by Gasteiger charge is -2.22. The Kier molecular flexibility index (Phi) is 4.73. The summed E-state index contributed by atoms with van der Waals surface area (Å²) in [5.74, 6) is 0.186. The maximum Gasteiger partial charge on any atom is 0.243 e. The Hall–Kier alpha value is -0.630. The van der Waals surface area contributed by atoms with E-state index < -0.39 is 15.8 Å². The molecule has 0 aromatic heterocycles. The molecule has 1 aromatic rings. The van der Waals surface area contributed by atoms with Crippen molar-refractivity contribution in [3.8, 4) is 0 Å². The molecule has 7 heteroatoms. The van der Waals surface area contributed by atoms with E-state index in [9.17, 15) is 12.8 Å². The highest BCUT2D eigenvalue weighted by Crippen LogP contribution is 2.37. The van der Waals surface area contributed by atoms with E-state index in [-0.39, 0.29) is 16.2 Å². The Morgan fingerprint density at radius 1 is 1.50 bits per heavy atom. The molecule has 1 saturated heterocycles. The summed E-state index contributed by atoms with van der Waals surface area (Å²) in [5.41, 5.74) is 0.347. The van der Waals surface area contributed by atoms with Crippen molar-refractivity contribution in [1.82, 2.24) is 4.72 Å². The lowest BCUT2D eigenvalue weighted by Crippen LogP contribution is -2.37. The molecule has 4 nitrogen and oxygen atoms in total. The standard InChI is InChI=1S/C13H18FNO3S2/c1-13(5-2-6-19-13)9-15-20(17,18)12-4-3-10(8-16)7-11(12)14/h3-4,7,15-16H,2,5-6,8-9H2,1H3. The SMILES string of the molecule is CC1(CNS(=O)(=O)c2ccc(CO)cc2F)CCCS1. The first-order chi connectivity index (χ1) is 9.36. The van der Waals surface area contributed by atoms with E-state index in [2.05, 4.69) is 4.72 Å². The van der Waals surface area contributed by atoms with Crippen LogP contribution in [-0.4, -0.2) is 30.6 Å². The molecule has 0 bridgehead atoms. The molecular weight excluding hydrogens is 301 g/mol. The number of aliphatic hydroxyl groups excluding tert-OH is 1. The van der Waals surface area contributed by atoms with Crippen molar-refractivity contribution < 1.29 is 17.9 Å². The van der Waals surface area contributed by atoms with Crippen LogP contribution in [0.1, 0.15) is 25.3 Å². The predicted octanol–water partition coefficient (Wildman–Crippen LogP) is 1.88. The smallest absolute Gasteiger partial charge is 0.243 e. The molecule has 0 saturated carbocycles. The van der Waals surface area contributed by atoms with Crippen LogP contribution in [0.5, 0.6) is 0 Å². The molecule has 1 aliphatic heterocycles. The van der Waals surface area contributed by atoms with Crippen LogP contribution in [0, 0.1) is 5.82 Å². The van der Waals surface area contributed by atoms with Gasteiger partial charge in [0.05, 0.1) is 6.61 Å². The number of thioether (sulfide) groups is 1. The van der Waals surface area contributed by atoms with Crippen LogP contribution in [0.25, 0.3) is 0 Å². The second-order valence-corrected chi connectivity index (χ2v) is 8.57. The first-order valence-electron chi connectivity index (χ1n) is 6.39. The second kappa shape index (κ2) is 6.01. The topological polar surface area (TPSA) is 66.4 Å². The van der Waals surface area contributed by atoms with E-state index in [1.54, 1.807) is 11.8 Å². The van der Waals surface area contributed by atoms with Gasteiger partial charge in [-0.3, -0.25) is 0 Å². The summed E-state index contributed by atoms with van der Waals surface area (Å²) in [6.07, 6.45) is 2.02. The van der Waals surface area contributed by atoms with E-state index in [4.69, 9.17) is 5.11 Å². The number of halogens is 1. The lowest BCUT2D eigenvalue weighted by atomic mass is 10.1. The third-order valence-electron chi connectivity index (χ3n) is 3.40. The highest BCUT2D eigenvalue weighted by Gasteiger charge is 2.31. The molecule has 0 spiro atoms. The van der Waals surface area contributed by atoms with Crippen molar-refractivity contribution >= 4 is 21.8 Å². The number of aliphatic hydroxyl groups is 1. The Bertz CT molecular complexity index is 583. The number of benzene rings is 1. The molecule has 1 unspecified atom stereocenters. The number of hydrogen-bond acceptors (Lipinski definition) is 4. The monoisotopic (exact) mass is 319 g/mol. The fourth-order valence-electron chi connectivity index (χ4n) is 2.16. The van der Waals surface area contributed by atoms with Gasteiger partial charge in [-0.15, -0.1) is 0 Å². The Labute approximate surface area is 122 Å². The third kappa shape index (κ3) is 3.52. The van der Waals surface area contributed by atoms with Gasteiger partial charge in [0.1, 0.15) is 10.7 Å². The van der Waals surface area contributed by atoms with Crippen molar-refractivity contribution in [2.75, 3.05) is 12.3 Å². The van der Waals surface area contributed by atoms with Crippen molar-refractivity contribution in [3.63, 3.8) is 0 Å². The minimum absolute atomic E-state index is 0.116. The van der Waals surface area contributed by atoms with E-state index in [0.29, 0.717) is 12.1 Å². The van der Waals surface area contributed by atoms with Crippen LogP contribution in [0.15, 0.2) is 23.1 Å². The van der Waals surface area contributed by atoms with E-state index in [1.165, 1.54) is 12.1 Å². The van der Waals surface area contributed by atoms with Crippen LogP contribution in [0.4, 0.5) is 4.39 Å². The quantitative estimate of drug-likeness (QED) is 0.870. The van der Waals surface area contributed by atoms with E-state index >= 15 is 0 Å². The molecule has 1 atom stereocenters. The molecule has 0 radical (unpaired) electrons. The highest BCUT2D eigenvalue weighted by molar-refractivity contribution is 8.01. The van der Waals surface area contributed by atoms with Crippen LogP contribution < -0.4 is 4.72 Å². The number of sulfonamides is 1. The molecule has 112 valence electrons. The molecular formula is C13H18FNO3S2. The molecule has 1 aromatic carbocycles. The van der Waals surface area contributed by atoms with Crippen LogP contribution in [-0.2, 0) is 16.6 Å². The van der Waals surface area contributed by atoms with Gasteiger partial charge in [0.2, 0.25) is 10.0 Å².